The molecule has 2 atom stereocenters. The van der Waals surface area contributed by atoms with Crippen LogP contribution in [0.2, 0.25) is 0 Å². The molecule has 1 aromatic carbocycles. The molecule has 0 radical (unpaired) electrons. The molecule has 0 bridgehead atoms. The van der Waals surface area contributed by atoms with E-state index in [-0.39, 0.29) is 34.8 Å². The molecule has 3 aromatic rings. The predicted molar refractivity (Wildman–Crippen MR) is 145 cm³/mol. The summed E-state index contributed by atoms with van der Waals surface area (Å²) >= 11 is 0. The number of carbonyl (C=O) groups excluding carboxylic acids is 2. The number of hydrogen-bond acceptors (Lipinski definition) is 6. The van der Waals surface area contributed by atoms with Crippen molar-refractivity contribution >= 4 is 28.7 Å². The highest BCUT2D eigenvalue weighted by Gasteiger charge is 2.38. The van der Waals surface area contributed by atoms with Gasteiger partial charge in [0.1, 0.15) is 23.0 Å². The molecule has 3 heterocycles. The molecule has 1 saturated heterocycles. The lowest BCUT2D eigenvalue weighted by Crippen LogP contribution is -2.37. The summed E-state index contributed by atoms with van der Waals surface area (Å²) in [4.78, 5) is 31.2. The van der Waals surface area contributed by atoms with E-state index >= 15 is 4.39 Å². The number of rotatable bonds is 7. The molecule has 0 spiro atoms. The zero-order valence-electron chi connectivity index (χ0n) is 22.3. The Morgan fingerprint density at radius 2 is 2.08 bits per heavy atom. The SMILES string of the molecule is C=CC(=O)N1C[C@@H](n2nc(C#Cc3cc4nc(C)n(C5CCC5)c4cc3F)c(C(N)=O)c2NC)C[C@@H]1COC. The molecule has 1 saturated carbocycles. The molecule has 0 unspecified atom stereocenters. The number of anilines is 1. The lowest BCUT2D eigenvalue weighted by molar-refractivity contribution is -0.127. The van der Waals surface area contributed by atoms with Crippen LogP contribution in [0.4, 0.5) is 10.2 Å². The summed E-state index contributed by atoms with van der Waals surface area (Å²) in [6.45, 7) is 6.21. The average molecular weight is 534 g/mol. The number of halogens is 1. The Labute approximate surface area is 226 Å². The molecule has 2 aromatic heterocycles. The van der Waals surface area contributed by atoms with Crippen molar-refractivity contribution in [2.75, 3.05) is 32.6 Å². The van der Waals surface area contributed by atoms with Crippen molar-refractivity contribution in [1.29, 1.82) is 0 Å². The van der Waals surface area contributed by atoms with Gasteiger partial charge in [-0.1, -0.05) is 12.5 Å². The number of aryl methyl sites for hydroxylation is 1. The number of primary amides is 1. The van der Waals surface area contributed by atoms with Crippen LogP contribution >= 0.6 is 0 Å². The molecular formula is C28H32FN7O3. The van der Waals surface area contributed by atoms with Gasteiger partial charge in [0.2, 0.25) is 5.91 Å². The highest BCUT2D eigenvalue weighted by atomic mass is 19.1. The number of ether oxygens (including phenoxy) is 1. The number of carbonyl (C=O) groups is 2. The van der Waals surface area contributed by atoms with Gasteiger partial charge in [-0.15, -0.1) is 0 Å². The van der Waals surface area contributed by atoms with E-state index in [1.54, 1.807) is 29.8 Å². The molecule has 39 heavy (non-hydrogen) atoms. The van der Waals surface area contributed by atoms with Crippen LogP contribution in [0.15, 0.2) is 24.8 Å². The number of aromatic nitrogens is 4. The number of nitrogens with one attached hydrogen (secondary N) is 1. The van der Waals surface area contributed by atoms with Gasteiger partial charge in [-0.3, -0.25) is 9.59 Å². The minimum Gasteiger partial charge on any atom is -0.383 e. The topological polar surface area (TPSA) is 120 Å². The van der Waals surface area contributed by atoms with Crippen molar-refractivity contribution in [3.8, 4) is 11.8 Å². The molecule has 2 amide bonds. The van der Waals surface area contributed by atoms with E-state index < -0.39 is 11.7 Å². The van der Waals surface area contributed by atoms with Gasteiger partial charge in [0.05, 0.1) is 35.3 Å². The fourth-order valence-corrected chi connectivity index (χ4v) is 5.63. The van der Waals surface area contributed by atoms with Gasteiger partial charge in [-0.05, 0) is 50.7 Å². The summed E-state index contributed by atoms with van der Waals surface area (Å²) in [5.74, 6) is 5.53. The molecular weight excluding hydrogens is 501 g/mol. The van der Waals surface area contributed by atoms with Crippen LogP contribution in [0, 0.1) is 24.6 Å². The fraction of sp³-hybridized carbons (Fsp3) is 0.429. The molecule has 1 aliphatic heterocycles. The van der Waals surface area contributed by atoms with E-state index in [4.69, 9.17) is 10.5 Å². The minimum atomic E-state index is -0.717. The van der Waals surface area contributed by atoms with E-state index in [2.05, 4.69) is 38.4 Å². The molecule has 204 valence electrons. The molecule has 1 aliphatic carbocycles. The van der Waals surface area contributed by atoms with Gasteiger partial charge >= 0.3 is 0 Å². The Kier molecular flexibility index (Phi) is 7.14. The number of nitrogens with zero attached hydrogens (tertiary/aromatic N) is 5. The number of amides is 2. The highest BCUT2D eigenvalue weighted by molar-refractivity contribution is 6.00. The number of hydrogen-bond donors (Lipinski definition) is 2. The fourth-order valence-electron chi connectivity index (χ4n) is 5.63. The van der Waals surface area contributed by atoms with Crippen LogP contribution in [0.1, 0.15) is 65.2 Å². The molecule has 11 heteroatoms. The predicted octanol–water partition coefficient (Wildman–Crippen LogP) is 2.92. The number of fused-ring (bicyclic) bond motifs is 1. The Morgan fingerprint density at radius 3 is 2.69 bits per heavy atom. The average Bonchev–Trinajstić information content (AvgIpc) is 3.55. The third-order valence-corrected chi connectivity index (χ3v) is 7.66. The standard InChI is InChI=1S/C28H32FN7O3/c1-5-25(37)34-14-19(12-20(34)15-39-4)36-28(31-3)26(27(30)38)22(33-36)10-9-17-11-23-24(13-21(17)29)35(16(2)32-23)18-7-6-8-18/h5,11,13,18-20,31H,1,6-8,12,14-15H2,2-4H3,(H2,30,38)/t19-,20+/m0/s1. The number of likely N-dealkylation sites (tertiary alicyclic amines) is 1. The van der Waals surface area contributed by atoms with Crippen molar-refractivity contribution in [2.45, 2.75) is 50.7 Å². The zero-order valence-corrected chi connectivity index (χ0v) is 22.3. The first-order chi connectivity index (χ1) is 18.8. The van der Waals surface area contributed by atoms with Gasteiger partial charge in [0.15, 0.2) is 5.69 Å². The molecule has 2 fully saturated rings. The first-order valence-corrected chi connectivity index (χ1v) is 13.0. The van der Waals surface area contributed by atoms with Gasteiger partial charge < -0.3 is 25.3 Å². The summed E-state index contributed by atoms with van der Waals surface area (Å²) in [5.41, 5.74) is 7.54. The summed E-state index contributed by atoms with van der Waals surface area (Å²) in [7, 11) is 3.23. The summed E-state index contributed by atoms with van der Waals surface area (Å²) in [5, 5.41) is 7.60. The second-order valence-electron chi connectivity index (χ2n) is 10.0. The Hall–Kier alpha value is -4.17. The number of benzene rings is 1. The third-order valence-electron chi connectivity index (χ3n) is 7.66. The maximum Gasteiger partial charge on any atom is 0.255 e. The monoisotopic (exact) mass is 533 g/mol. The molecule has 3 N–H and O–H groups in total. The Balaban J connectivity index is 1.52. The second kappa shape index (κ2) is 10.5. The van der Waals surface area contributed by atoms with Gasteiger partial charge in [0, 0.05) is 32.8 Å². The van der Waals surface area contributed by atoms with Crippen LogP contribution in [-0.2, 0) is 9.53 Å². The highest BCUT2D eigenvalue weighted by Crippen LogP contribution is 2.36. The number of methoxy groups -OCH3 is 1. The van der Waals surface area contributed by atoms with Gasteiger partial charge in [-0.25, -0.2) is 14.1 Å². The van der Waals surface area contributed by atoms with Crippen LogP contribution in [0.3, 0.4) is 0 Å². The van der Waals surface area contributed by atoms with Crippen molar-refractivity contribution in [2.24, 2.45) is 5.73 Å². The van der Waals surface area contributed by atoms with Crippen LogP contribution < -0.4 is 11.1 Å². The number of nitrogens with two attached hydrogens (primary N) is 1. The molecule has 2 aliphatic rings. The first-order valence-electron chi connectivity index (χ1n) is 13.0. The van der Waals surface area contributed by atoms with Crippen molar-refractivity contribution in [1.82, 2.24) is 24.2 Å². The minimum absolute atomic E-state index is 0.105. The lowest BCUT2D eigenvalue weighted by Gasteiger charge is -2.28. The normalized spacial score (nSPS) is 19.0. The Morgan fingerprint density at radius 1 is 1.31 bits per heavy atom. The van der Waals surface area contributed by atoms with Crippen LogP contribution in [0.25, 0.3) is 11.0 Å². The summed E-state index contributed by atoms with van der Waals surface area (Å²) in [6.07, 6.45) is 5.10. The maximum atomic E-state index is 15.2. The quantitative estimate of drug-likeness (QED) is 0.356. The van der Waals surface area contributed by atoms with Crippen molar-refractivity contribution in [3.63, 3.8) is 0 Å². The molecule has 5 rings (SSSR count). The van der Waals surface area contributed by atoms with E-state index in [0.717, 1.165) is 30.6 Å². The summed E-state index contributed by atoms with van der Waals surface area (Å²) in [6, 6.07) is 3.01. The third kappa shape index (κ3) is 4.65. The van der Waals surface area contributed by atoms with Crippen LogP contribution in [-0.4, -0.2) is 69.4 Å². The largest absolute Gasteiger partial charge is 0.383 e. The maximum absolute atomic E-state index is 15.2. The lowest BCUT2D eigenvalue weighted by atomic mass is 9.92. The van der Waals surface area contributed by atoms with Crippen molar-refractivity contribution in [3.05, 3.63) is 53.3 Å². The summed E-state index contributed by atoms with van der Waals surface area (Å²) < 4.78 is 24.2. The van der Waals surface area contributed by atoms with E-state index in [9.17, 15) is 9.59 Å². The van der Waals surface area contributed by atoms with E-state index in [1.807, 2.05) is 6.92 Å². The van der Waals surface area contributed by atoms with Gasteiger partial charge in [0.25, 0.3) is 5.91 Å². The van der Waals surface area contributed by atoms with Crippen molar-refractivity contribution < 1.29 is 18.7 Å². The zero-order chi connectivity index (χ0) is 27.8. The van der Waals surface area contributed by atoms with Gasteiger partial charge in [-0.2, -0.15) is 5.10 Å². The van der Waals surface area contributed by atoms with Crippen LogP contribution in [0.5, 0.6) is 0 Å². The molecule has 10 nitrogen and oxygen atoms in total. The second-order valence-corrected chi connectivity index (χ2v) is 10.0. The Bertz CT molecular complexity index is 1530. The smallest absolute Gasteiger partial charge is 0.255 e. The first kappa shape index (κ1) is 26.4. The van der Waals surface area contributed by atoms with E-state index in [1.165, 1.54) is 12.1 Å². The number of imidazole rings is 1. The van der Waals surface area contributed by atoms with E-state index in [0.29, 0.717) is 36.9 Å².